The van der Waals surface area contributed by atoms with E-state index in [4.69, 9.17) is 0 Å². The van der Waals surface area contributed by atoms with Crippen molar-refractivity contribution < 1.29 is 35.9 Å². The zero-order valence-corrected chi connectivity index (χ0v) is 20.5. The minimum atomic E-state index is -4.78. The molecule has 38 heavy (non-hydrogen) atoms. The molecule has 0 saturated carbocycles. The number of carbonyl (C=O) groups is 2. The number of benzene rings is 1. The highest BCUT2D eigenvalue weighted by molar-refractivity contribution is 5.79. The zero-order valence-electron chi connectivity index (χ0n) is 20.5. The molecule has 0 aliphatic carbocycles. The number of hydrogen-bond donors (Lipinski definition) is 3. The molecular weight excluding hydrogens is 518 g/mol. The van der Waals surface area contributed by atoms with Crippen molar-refractivity contribution in [1.29, 1.82) is 0 Å². The first kappa shape index (κ1) is 29.0. The van der Waals surface area contributed by atoms with Gasteiger partial charge in [-0.25, -0.2) is 9.97 Å². The number of anilines is 2. The van der Waals surface area contributed by atoms with E-state index >= 15 is 0 Å². The normalized spacial score (nSPS) is 16.2. The van der Waals surface area contributed by atoms with E-state index in [0.717, 1.165) is 12.1 Å². The minimum Gasteiger partial charge on any atom is -0.368 e. The summed E-state index contributed by atoms with van der Waals surface area (Å²) in [7, 11) is 0. The Labute approximate surface area is 215 Å². The number of alkyl halides is 6. The fourth-order valence-electron chi connectivity index (χ4n) is 3.98. The van der Waals surface area contributed by atoms with Gasteiger partial charge in [-0.15, -0.1) is 0 Å². The van der Waals surface area contributed by atoms with Crippen LogP contribution >= 0.6 is 0 Å². The van der Waals surface area contributed by atoms with Crippen LogP contribution in [0.5, 0.6) is 0 Å². The SMILES string of the molecule is CC(=O)NCCNc1cc(N2CCC[C@@H](C(=O)NCCc3ccc(C(F)(F)F)cc3)C2)nc(C(F)(F)F)n1. The summed E-state index contributed by atoms with van der Waals surface area (Å²) in [4.78, 5) is 32.5. The molecule has 3 N–H and O–H groups in total. The highest BCUT2D eigenvalue weighted by Gasteiger charge is 2.36. The second kappa shape index (κ2) is 12.3. The Balaban J connectivity index is 1.60. The number of hydrogen-bond acceptors (Lipinski definition) is 6. The van der Waals surface area contributed by atoms with Gasteiger partial charge in [-0.05, 0) is 37.0 Å². The first-order valence-corrected chi connectivity index (χ1v) is 12.0. The van der Waals surface area contributed by atoms with Gasteiger partial charge in [0.05, 0.1) is 11.5 Å². The summed E-state index contributed by atoms with van der Waals surface area (Å²) in [6.45, 7) is 2.41. The molecule has 1 fully saturated rings. The number of aromatic nitrogens is 2. The summed E-state index contributed by atoms with van der Waals surface area (Å²) in [5.74, 6) is -2.42. The first-order chi connectivity index (χ1) is 17.8. The standard InChI is InChI=1S/C24H28F6N6O2/c1-15(37)31-10-11-32-19-13-20(35-22(34-19)24(28,29)30)36-12-2-3-17(14-36)21(38)33-9-8-16-4-6-18(7-5-16)23(25,26)27/h4-7,13,17H,2-3,8-12,14H2,1H3,(H,31,37)(H,33,38)(H,32,34,35)/t17-/m1/s1. The van der Waals surface area contributed by atoms with Crippen LogP contribution in [0.4, 0.5) is 38.0 Å². The van der Waals surface area contributed by atoms with Gasteiger partial charge < -0.3 is 20.9 Å². The highest BCUT2D eigenvalue weighted by atomic mass is 19.4. The lowest BCUT2D eigenvalue weighted by molar-refractivity contribution is -0.144. The van der Waals surface area contributed by atoms with Gasteiger partial charge in [0.2, 0.25) is 17.6 Å². The van der Waals surface area contributed by atoms with Gasteiger partial charge in [-0.2, -0.15) is 26.3 Å². The highest BCUT2D eigenvalue weighted by Crippen LogP contribution is 2.31. The largest absolute Gasteiger partial charge is 0.451 e. The summed E-state index contributed by atoms with van der Waals surface area (Å²) >= 11 is 0. The molecule has 1 atom stereocenters. The molecule has 0 unspecified atom stereocenters. The lowest BCUT2D eigenvalue weighted by atomic mass is 9.97. The maximum atomic E-state index is 13.4. The van der Waals surface area contributed by atoms with Crippen LogP contribution in [0.25, 0.3) is 0 Å². The predicted molar refractivity (Wildman–Crippen MR) is 127 cm³/mol. The lowest BCUT2D eigenvalue weighted by Gasteiger charge is -2.33. The van der Waals surface area contributed by atoms with Crippen LogP contribution in [0, 0.1) is 5.92 Å². The first-order valence-electron chi connectivity index (χ1n) is 12.0. The van der Waals surface area contributed by atoms with Crippen molar-refractivity contribution >= 4 is 23.5 Å². The zero-order chi connectivity index (χ0) is 27.9. The Hall–Kier alpha value is -3.58. The summed E-state index contributed by atoms with van der Waals surface area (Å²) < 4.78 is 78.4. The molecule has 2 amide bonds. The fraction of sp³-hybridized carbons (Fsp3) is 0.500. The van der Waals surface area contributed by atoms with Crippen LogP contribution in [0.2, 0.25) is 0 Å². The third kappa shape index (κ3) is 8.48. The minimum absolute atomic E-state index is 0.0246. The van der Waals surface area contributed by atoms with Crippen LogP contribution in [0.1, 0.15) is 36.7 Å². The monoisotopic (exact) mass is 546 g/mol. The molecule has 208 valence electrons. The van der Waals surface area contributed by atoms with Gasteiger partial charge in [0.15, 0.2) is 0 Å². The van der Waals surface area contributed by atoms with Crippen molar-refractivity contribution in [1.82, 2.24) is 20.6 Å². The summed E-state index contributed by atoms with van der Waals surface area (Å²) in [5, 5.41) is 8.03. The molecule has 2 aromatic rings. The smallest absolute Gasteiger partial charge is 0.368 e. The number of nitrogens with one attached hydrogen (secondary N) is 3. The average Bonchev–Trinajstić information content (AvgIpc) is 2.85. The van der Waals surface area contributed by atoms with Gasteiger partial charge in [0.1, 0.15) is 11.6 Å². The molecule has 2 heterocycles. The Morgan fingerprint density at radius 1 is 0.974 bits per heavy atom. The van der Waals surface area contributed by atoms with Crippen molar-refractivity contribution in [2.24, 2.45) is 5.92 Å². The fourth-order valence-corrected chi connectivity index (χ4v) is 3.98. The number of carbonyl (C=O) groups excluding carboxylic acids is 2. The molecule has 1 aromatic carbocycles. The van der Waals surface area contributed by atoms with Crippen molar-refractivity contribution in [2.75, 3.05) is 42.9 Å². The van der Waals surface area contributed by atoms with E-state index in [1.807, 2.05) is 0 Å². The van der Waals surface area contributed by atoms with Crippen molar-refractivity contribution in [3.63, 3.8) is 0 Å². The molecule has 0 spiro atoms. The Morgan fingerprint density at radius 2 is 1.68 bits per heavy atom. The number of halogens is 6. The maximum Gasteiger partial charge on any atom is 0.451 e. The third-order valence-corrected chi connectivity index (χ3v) is 5.88. The third-order valence-electron chi connectivity index (χ3n) is 5.88. The van der Waals surface area contributed by atoms with Gasteiger partial charge in [0, 0.05) is 45.7 Å². The Bertz CT molecular complexity index is 1110. The Morgan fingerprint density at radius 3 is 2.32 bits per heavy atom. The summed E-state index contributed by atoms with van der Waals surface area (Å²) in [6.07, 6.45) is -7.80. The average molecular weight is 547 g/mol. The number of amides is 2. The van der Waals surface area contributed by atoms with Gasteiger partial charge in [-0.1, -0.05) is 12.1 Å². The molecule has 0 radical (unpaired) electrons. The molecule has 14 heteroatoms. The molecule has 3 rings (SSSR count). The van der Waals surface area contributed by atoms with Crippen LogP contribution in [0.15, 0.2) is 30.3 Å². The molecule has 1 aliphatic heterocycles. The maximum absolute atomic E-state index is 13.4. The van der Waals surface area contributed by atoms with Gasteiger partial charge >= 0.3 is 12.4 Å². The van der Waals surface area contributed by atoms with Crippen LogP contribution in [-0.4, -0.2) is 54.5 Å². The summed E-state index contributed by atoms with van der Waals surface area (Å²) in [5.41, 5.74) is -0.125. The molecular formula is C24H28F6N6O2. The second-order valence-corrected chi connectivity index (χ2v) is 8.86. The number of nitrogens with zero attached hydrogens (tertiary/aromatic N) is 3. The second-order valence-electron chi connectivity index (χ2n) is 8.86. The van der Waals surface area contributed by atoms with E-state index in [2.05, 4.69) is 25.9 Å². The molecule has 0 bridgehead atoms. The topological polar surface area (TPSA) is 99.2 Å². The number of piperidine rings is 1. The van der Waals surface area contributed by atoms with E-state index in [1.54, 1.807) is 4.90 Å². The van der Waals surface area contributed by atoms with Crippen LogP contribution in [0.3, 0.4) is 0 Å². The Kier molecular flexibility index (Phi) is 9.39. The van der Waals surface area contributed by atoms with Crippen LogP contribution in [-0.2, 0) is 28.4 Å². The molecule has 1 saturated heterocycles. The van der Waals surface area contributed by atoms with Crippen molar-refractivity contribution in [3.8, 4) is 0 Å². The van der Waals surface area contributed by atoms with E-state index in [9.17, 15) is 35.9 Å². The van der Waals surface area contributed by atoms with Gasteiger partial charge in [0.25, 0.3) is 0 Å². The van der Waals surface area contributed by atoms with Crippen molar-refractivity contribution in [3.05, 3.63) is 47.3 Å². The van der Waals surface area contributed by atoms with E-state index in [-0.39, 0.29) is 49.6 Å². The summed E-state index contributed by atoms with van der Waals surface area (Å²) in [6, 6.07) is 6.04. The lowest BCUT2D eigenvalue weighted by Crippen LogP contribution is -2.44. The predicted octanol–water partition coefficient (Wildman–Crippen LogP) is 3.64. The van der Waals surface area contributed by atoms with E-state index in [1.165, 1.54) is 25.1 Å². The number of rotatable bonds is 9. The van der Waals surface area contributed by atoms with E-state index < -0.39 is 29.7 Å². The van der Waals surface area contributed by atoms with Crippen LogP contribution < -0.4 is 20.9 Å². The molecule has 1 aromatic heterocycles. The quantitative estimate of drug-likeness (QED) is 0.328. The van der Waals surface area contributed by atoms with Gasteiger partial charge in [-0.3, -0.25) is 9.59 Å². The molecule has 1 aliphatic rings. The van der Waals surface area contributed by atoms with Crippen molar-refractivity contribution in [2.45, 2.75) is 38.5 Å². The molecule has 8 nitrogen and oxygen atoms in total. The van der Waals surface area contributed by atoms with E-state index in [0.29, 0.717) is 31.4 Å².